The number of carbonyl (C=O) groups is 1. The molecule has 0 aliphatic rings. The van der Waals surface area contributed by atoms with E-state index in [-0.39, 0.29) is 23.3 Å². The van der Waals surface area contributed by atoms with Crippen molar-refractivity contribution in [1.82, 2.24) is 15.2 Å². The van der Waals surface area contributed by atoms with E-state index < -0.39 is 11.0 Å². The lowest BCUT2D eigenvalue weighted by molar-refractivity contribution is -0.384. The lowest BCUT2D eigenvalue weighted by Gasteiger charge is -2.04. The molecule has 0 saturated heterocycles. The topological polar surface area (TPSA) is 135 Å². The number of nitrogens with one attached hydrogen (secondary N) is 3. The Balaban J connectivity index is 1.97. The van der Waals surface area contributed by atoms with E-state index in [1.165, 1.54) is 24.3 Å². The maximum atomic E-state index is 11.7. The second-order valence-corrected chi connectivity index (χ2v) is 3.79. The number of non-ortho nitro benzene ring substituents is 1. The highest BCUT2D eigenvalue weighted by atomic mass is 16.6. The summed E-state index contributed by atoms with van der Waals surface area (Å²) in [6, 6.07) is 5.06. The first kappa shape index (κ1) is 14.2. The van der Waals surface area contributed by atoms with Crippen LogP contribution in [0.1, 0.15) is 6.92 Å². The lowest BCUT2D eigenvalue weighted by atomic mass is 10.3. The summed E-state index contributed by atoms with van der Waals surface area (Å²) in [7, 11) is 0. The third-order valence-corrected chi connectivity index (χ3v) is 2.29. The van der Waals surface area contributed by atoms with Gasteiger partial charge in [0.15, 0.2) is 0 Å². The number of hydrogen-bond acceptors (Lipinski definition) is 6. The van der Waals surface area contributed by atoms with Crippen LogP contribution in [0.5, 0.6) is 6.01 Å². The van der Waals surface area contributed by atoms with Crippen LogP contribution in [0.4, 0.5) is 22.1 Å². The van der Waals surface area contributed by atoms with Gasteiger partial charge in [0.25, 0.3) is 5.69 Å². The summed E-state index contributed by atoms with van der Waals surface area (Å²) in [4.78, 5) is 25.7. The number of benzene rings is 1. The van der Waals surface area contributed by atoms with Crippen LogP contribution < -0.4 is 15.4 Å². The van der Waals surface area contributed by atoms with Crippen LogP contribution >= 0.6 is 0 Å². The average Bonchev–Trinajstić information content (AvgIpc) is 2.86. The monoisotopic (exact) mass is 292 g/mol. The smallest absolute Gasteiger partial charge is 0.337 e. The zero-order valence-corrected chi connectivity index (χ0v) is 11.0. The number of nitro benzene ring substituents is 1. The Labute approximate surface area is 118 Å². The molecule has 0 radical (unpaired) electrons. The first-order valence-electron chi connectivity index (χ1n) is 5.96. The Morgan fingerprint density at radius 3 is 3.00 bits per heavy atom. The summed E-state index contributed by atoms with van der Waals surface area (Å²) >= 11 is 0. The van der Waals surface area contributed by atoms with E-state index >= 15 is 0 Å². The molecule has 2 amide bonds. The normalized spacial score (nSPS) is 9.95. The highest BCUT2D eigenvalue weighted by Crippen LogP contribution is 2.17. The summed E-state index contributed by atoms with van der Waals surface area (Å²) in [5.74, 6) is 0.0985. The number of hydrogen-bond donors (Lipinski definition) is 3. The summed E-state index contributed by atoms with van der Waals surface area (Å²) in [6.07, 6.45) is 0. The van der Waals surface area contributed by atoms with Crippen molar-refractivity contribution in [3.05, 3.63) is 34.4 Å². The van der Waals surface area contributed by atoms with E-state index in [1.807, 2.05) is 0 Å². The third kappa shape index (κ3) is 3.89. The van der Waals surface area contributed by atoms with Crippen LogP contribution in [0.3, 0.4) is 0 Å². The van der Waals surface area contributed by atoms with E-state index in [2.05, 4.69) is 25.8 Å². The minimum atomic E-state index is -0.616. The molecule has 0 bridgehead atoms. The number of nitro groups is 1. The van der Waals surface area contributed by atoms with Crippen molar-refractivity contribution in [3.8, 4) is 6.01 Å². The van der Waals surface area contributed by atoms with Crippen LogP contribution in [-0.4, -0.2) is 32.7 Å². The largest absolute Gasteiger partial charge is 0.463 e. The number of aromatic amines is 1. The van der Waals surface area contributed by atoms with Crippen LogP contribution in [0.25, 0.3) is 0 Å². The molecule has 1 aromatic heterocycles. The predicted molar refractivity (Wildman–Crippen MR) is 73.3 cm³/mol. The van der Waals surface area contributed by atoms with Gasteiger partial charge >= 0.3 is 12.0 Å². The second kappa shape index (κ2) is 6.32. The molecule has 21 heavy (non-hydrogen) atoms. The molecule has 10 heteroatoms. The molecule has 0 spiro atoms. The lowest BCUT2D eigenvalue weighted by Crippen LogP contribution is -2.20. The van der Waals surface area contributed by atoms with E-state index in [4.69, 9.17) is 4.74 Å². The Hall–Kier alpha value is -3.17. The summed E-state index contributed by atoms with van der Waals surface area (Å²) in [5.41, 5.74) is 0.164. The molecule has 0 fully saturated rings. The molecule has 1 heterocycles. The number of aromatic nitrogens is 3. The minimum absolute atomic E-state index is 0.0985. The molecule has 2 aromatic rings. The highest BCUT2D eigenvalue weighted by Gasteiger charge is 2.10. The minimum Gasteiger partial charge on any atom is -0.463 e. The number of rotatable bonds is 5. The van der Waals surface area contributed by atoms with Crippen LogP contribution in [0, 0.1) is 10.1 Å². The Bertz CT molecular complexity index is 656. The maximum Gasteiger partial charge on any atom is 0.337 e. The van der Waals surface area contributed by atoms with E-state index in [1.54, 1.807) is 6.92 Å². The maximum absolute atomic E-state index is 11.7. The second-order valence-electron chi connectivity index (χ2n) is 3.79. The molecule has 3 N–H and O–H groups in total. The van der Waals surface area contributed by atoms with Gasteiger partial charge in [0.05, 0.1) is 11.5 Å². The fraction of sp³-hybridized carbons (Fsp3) is 0.182. The van der Waals surface area contributed by atoms with Gasteiger partial charge in [-0.2, -0.15) is 4.98 Å². The summed E-state index contributed by atoms with van der Waals surface area (Å²) in [6.45, 7) is 2.18. The Morgan fingerprint density at radius 2 is 2.29 bits per heavy atom. The molecule has 0 aliphatic carbocycles. The van der Waals surface area contributed by atoms with Crippen molar-refractivity contribution < 1.29 is 14.5 Å². The van der Waals surface area contributed by atoms with Crippen molar-refractivity contribution in [2.75, 3.05) is 17.2 Å². The van der Waals surface area contributed by atoms with Crippen molar-refractivity contribution in [2.24, 2.45) is 0 Å². The number of amides is 2. The summed E-state index contributed by atoms with van der Waals surface area (Å²) in [5, 5.41) is 21.7. The number of urea groups is 1. The molecule has 0 atom stereocenters. The molecule has 110 valence electrons. The fourth-order valence-corrected chi connectivity index (χ4v) is 1.46. The van der Waals surface area contributed by atoms with E-state index in [0.717, 1.165) is 0 Å². The molecule has 0 saturated carbocycles. The van der Waals surface area contributed by atoms with Gasteiger partial charge in [-0.15, -0.1) is 5.10 Å². The third-order valence-electron chi connectivity index (χ3n) is 2.29. The number of nitrogens with zero attached hydrogens (tertiary/aromatic N) is 3. The fourth-order valence-electron chi connectivity index (χ4n) is 1.46. The molecular formula is C11H12N6O4. The number of ether oxygens (including phenoxy) is 1. The quantitative estimate of drug-likeness (QED) is 0.567. The van der Waals surface area contributed by atoms with Gasteiger partial charge < -0.3 is 10.1 Å². The van der Waals surface area contributed by atoms with Gasteiger partial charge in [-0.25, -0.2) is 9.89 Å². The zero-order valence-electron chi connectivity index (χ0n) is 11.0. The number of carbonyl (C=O) groups excluding carboxylic acids is 1. The molecule has 0 unspecified atom stereocenters. The van der Waals surface area contributed by atoms with Gasteiger partial charge in [-0.1, -0.05) is 6.07 Å². The van der Waals surface area contributed by atoms with Crippen molar-refractivity contribution >= 4 is 23.4 Å². The Morgan fingerprint density at radius 1 is 1.48 bits per heavy atom. The van der Waals surface area contributed by atoms with Crippen LogP contribution in [0.15, 0.2) is 24.3 Å². The summed E-state index contributed by atoms with van der Waals surface area (Å²) < 4.78 is 5.03. The van der Waals surface area contributed by atoms with E-state index in [9.17, 15) is 14.9 Å². The van der Waals surface area contributed by atoms with Gasteiger partial charge in [-0.3, -0.25) is 15.4 Å². The van der Waals surface area contributed by atoms with Crippen LogP contribution in [0.2, 0.25) is 0 Å². The van der Waals surface area contributed by atoms with E-state index in [0.29, 0.717) is 6.61 Å². The molecule has 2 rings (SSSR count). The first-order chi connectivity index (χ1) is 10.1. The van der Waals surface area contributed by atoms with Gasteiger partial charge in [-0.05, 0) is 13.0 Å². The zero-order chi connectivity index (χ0) is 15.2. The molecule has 1 aromatic carbocycles. The van der Waals surface area contributed by atoms with Crippen molar-refractivity contribution in [1.29, 1.82) is 0 Å². The average molecular weight is 292 g/mol. The van der Waals surface area contributed by atoms with Crippen molar-refractivity contribution in [3.63, 3.8) is 0 Å². The molecular weight excluding hydrogens is 280 g/mol. The molecule has 0 aliphatic heterocycles. The SMILES string of the molecule is CCOc1n[nH]c(NC(=O)Nc2cccc([N+](=O)[O-])c2)n1. The highest BCUT2D eigenvalue weighted by molar-refractivity contribution is 5.98. The standard InChI is InChI=1S/C11H12N6O4/c1-2-21-11-14-9(15-16-11)13-10(18)12-7-4-3-5-8(6-7)17(19)20/h3-6H,2H2,1H3,(H3,12,13,14,15,16,18). The van der Waals surface area contributed by atoms with Gasteiger partial charge in [0, 0.05) is 17.8 Å². The number of H-pyrrole nitrogens is 1. The molecule has 10 nitrogen and oxygen atoms in total. The van der Waals surface area contributed by atoms with Crippen LogP contribution in [-0.2, 0) is 0 Å². The number of anilines is 2. The predicted octanol–water partition coefficient (Wildman–Crippen LogP) is 1.76. The Kier molecular flexibility index (Phi) is 4.29. The van der Waals surface area contributed by atoms with Gasteiger partial charge in [0.2, 0.25) is 5.95 Å². The van der Waals surface area contributed by atoms with Gasteiger partial charge in [0.1, 0.15) is 0 Å². The van der Waals surface area contributed by atoms with Crippen molar-refractivity contribution in [2.45, 2.75) is 6.92 Å². The first-order valence-corrected chi connectivity index (χ1v) is 5.96.